The molecule has 1 atom stereocenters. The van der Waals surface area contributed by atoms with Crippen molar-refractivity contribution < 1.29 is 9.90 Å². The van der Waals surface area contributed by atoms with E-state index < -0.39 is 11.6 Å². The number of aromatic nitrogens is 1. The molecule has 19 heavy (non-hydrogen) atoms. The number of H-pyrrole nitrogens is 1. The second-order valence-corrected chi connectivity index (χ2v) is 5.36. The number of carbonyl (C=O) groups excluding carboxylic acids is 1. The lowest BCUT2D eigenvalue weighted by Crippen LogP contribution is -2.50. The Hall–Kier alpha value is -2.01. The summed E-state index contributed by atoms with van der Waals surface area (Å²) in [6, 6.07) is 5.35. The van der Waals surface area contributed by atoms with Gasteiger partial charge in [-0.05, 0) is 39.0 Å². The molecule has 0 radical (unpaired) electrons. The molecule has 0 spiro atoms. The molecule has 1 aromatic heterocycles. The molecule has 0 saturated carbocycles. The maximum absolute atomic E-state index is 12.3. The smallest absolute Gasteiger partial charge is 0.253 e. The average molecular weight is 261 g/mol. The van der Waals surface area contributed by atoms with Gasteiger partial charge in [-0.3, -0.25) is 4.79 Å². The van der Waals surface area contributed by atoms with Crippen molar-refractivity contribution in [3.05, 3.63) is 30.0 Å². The van der Waals surface area contributed by atoms with Gasteiger partial charge in [0.1, 0.15) is 0 Å². The van der Waals surface area contributed by atoms with Crippen LogP contribution in [0.5, 0.6) is 0 Å². The zero-order chi connectivity index (χ0) is 14.2. The Morgan fingerprint density at radius 1 is 1.47 bits per heavy atom. The fourth-order valence-corrected chi connectivity index (χ4v) is 1.80. The normalized spacial score (nSPS) is 13.5. The summed E-state index contributed by atoms with van der Waals surface area (Å²) in [5.41, 5.74) is 7.02. The van der Waals surface area contributed by atoms with E-state index in [1.165, 1.54) is 0 Å². The van der Waals surface area contributed by atoms with Crippen LogP contribution in [0.25, 0.3) is 10.9 Å². The number of aliphatic hydroxyl groups excluding tert-OH is 1. The molecule has 5 nitrogen and oxygen atoms in total. The molecule has 2 rings (SSSR count). The number of carbonyl (C=O) groups is 1. The zero-order valence-corrected chi connectivity index (χ0v) is 11.3. The van der Waals surface area contributed by atoms with E-state index in [2.05, 4.69) is 10.3 Å². The number of rotatable bonds is 3. The van der Waals surface area contributed by atoms with Crippen LogP contribution in [0.1, 0.15) is 31.1 Å². The quantitative estimate of drug-likeness (QED) is 0.633. The van der Waals surface area contributed by atoms with E-state index in [1.807, 2.05) is 6.07 Å². The fraction of sp³-hybridized carbons (Fsp3) is 0.357. The molecule has 2 aromatic rings. The Labute approximate surface area is 111 Å². The highest BCUT2D eigenvalue weighted by molar-refractivity contribution is 6.07. The minimum Gasteiger partial charge on any atom is -0.399 e. The molecule has 1 unspecified atom stereocenters. The van der Waals surface area contributed by atoms with Crippen molar-refractivity contribution in [2.24, 2.45) is 0 Å². The van der Waals surface area contributed by atoms with Gasteiger partial charge in [-0.25, -0.2) is 0 Å². The van der Waals surface area contributed by atoms with E-state index in [0.29, 0.717) is 11.3 Å². The summed E-state index contributed by atoms with van der Waals surface area (Å²) in [5, 5.41) is 13.3. The van der Waals surface area contributed by atoms with Gasteiger partial charge in [0.05, 0.1) is 17.2 Å². The first-order chi connectivity index (χ1) is 8.81. The van der Waals surface area contributed by atoms with E-state index in [1.54, 1.807) is 39.1 Å². The van der Waals surface area contributed by atoms with Crippen LogP contribution in [0.2, 0.25) is 0 Å². The molecule has 0 aliphatic heterocycles. The molecule has 1 heterocycles. The van der Waals surface area contributed by atoms with Crippen LogP contribution in [-0.4, -0.2) is 27.6 Å². The van der Waals surface area contributed by atoms with Crippen LogP contribution in [0.4, 0.5) is 5.69 Å². The molecule has 5 N–H and O–H groups in total. The molecule has 0 aliphatic carbocycles. The van der Waals surface area contributed by atoms with Crippen LogP contribution >= 0.6 is 0 Å². The Bertz CT molecular complexity index is 614. The Balaban J connectivity index is 2.32. The number of hydrogen-bond donors (Lipinski definition) is 4. The van der Waals surface area contributed by atoms with Gasteiger partial charge in [0.15, 0.2) is 0 Å². The minimum absolute atomic E-state index is 0.220. The number of nitrogens with one attached hydrogen (secondary N) is 2. The van der Waals surface area contributed by atoms with E-state index in [9.17, 15) is 9.90 Å². The summed E-state index contributed by atoms with van der Waals surface area (Å²) in [6.07, 6.45) is 1.01. The van der Waals surface area contributed by atoms with Crippen molar-refractivity contribution in [2.75, 3.05) is 5.73 Å². The highest BCUT2D eigenvalue weighted by atomic mass is 16.3. The van der Waals surface area contributed by atoms with Crippen LogP contribution in [0.15, 0.2) is 24.4 Å². The molecular formula is C14H19N3O2. The number of nitrogens with two attached hydrogens (primary N) is 1. The van der Waals surface area contributed by atoms with Crippen molar-refractivity contribution in [3.8, 4) is 0 Å². The molecule has 1 amide bonds. The number of aliphatic hydroxyl groups is 1. The molecule has 102 valence electrons. The summed E-state index contributed by atoms with van der Waals surface area (Å²) in [7, 11) is 0. The predicted molar refractivity (Wildman–Crippen MR) is 75.9 cm³/mol. The third-order valence-corrected chi connectivity index (χ3v) is 3.43. The van der Waals surface area contributed by atoms with Crippen molar-refractivity contribution in [1.29, 1.82) is 0 Å². The molecule has 0 bridgehead atoms. The van der Waals surface area contributed by atoms with Crippen LogP contribution in [0, 0.1) is 0 Å². The van der Waals surface area contributed by atoms with E-state index in [-0.39, 0.29) is 5.91 Å². The lowest BCUT2D eigenvalue weighted by atomic mass is 9.98. The van der Waals surface area contributed by atoms with Gasteiger partial charge in [-0.15, -0.1) is 0 Å². The largest absolute Gasteiger partial charge is 0.399 e. The van der Waals surface area contributed by atoms with Crippen LogP contribution in [-0.2, 0) is 0 Å². The van der Waals surface area contributed by atoms with Gasteiger partial charge in [-0.2, -0.15) is 0 Å². The van der Waals surface area contributed by atoms with Crippen molar-refractivity contribution in [2.45, 2.75) is 32.4 Å². The number of amides is 1. The van der Waals surface area contributed by atoms with Crippen molar-refractivity contribution in [3.63, 3.8) is 0 Å². The molecule has 0 saturated heterocycles. The van der Waals surface area contributed by atoms with Crippen LogP contribution < -0.4 is 11.1 Å². The van der Waals surface area contributed by atoms with Gasteiger partial charge in [0, 0.05) is 22.8 Å². The van der Waals surface area contributed by atoms with Crippen molar-refractivity contribution >= 4 is 22.5 Å². The zero-order valence-electron chi connectivity index (χ0n) is 11.3. The highest BCUT2D eigenvalue weighted by Crippen LogP contribution is 2.21. The first-order valence-corrected chi connectivity index (χ1v) is 6.18. The number of aromatic amines is 1. The minimum atomic E-state index is -0.686. The first-order valence-electron chi connectivity index (χ1n) is 6.18. The highest BCUT2D eigenvalue weighted by Gasteiger charge is 2.27. The number of fused-ring (bicyclic) bond motifs is 1. The third kappa shape index (κ3) is 2.56. The number of anilines is 1. The second-order valence-electron chi connectivity index (χ2n) is 5.36. The Morgan fingerprint density at radius 2 is 2.16 bits per heavy atom. The molecule has 0 aliphatic rings. The SMILES string of the molecule is CC(O)C(C)(C)NC(=O)c1c[nH]c2cc(N)ccc12. The lowest BCUT2D eigenvalue weighted by Gasteiger charge is -2.29. The third-order valence-electron chi connectivity index (χ3n) is 3.43. The molecule has 0 fully saturated rings. The maximum atomic E-state index is 12.3. The predicted octanol–water partition coefficient (Wildman–Crippen LogP) is 1.64. The van der Waals surface area contributed by atoms with Gasteiger partial charge < -0.3 is 21.1 Å². The molecular weight excluding hydrogens is 242 g/mol. The van der Waals surface area contributed by atoms with Gasteiger partial charge >= 0.3 is 0 Å². The van der Waals surface area contributed by atoms with Crippen molar-refractivity contribution in [1.82, 2.24) is 10.3 Å². The Morgan fingerprint density at radius 3 is 2.79 bits per heavy atom. The second kappa shape index (κ2) is 4.59. The van der Waals surface area contributed by atoms with Crippen LogP contribution in [0.3, 0.4) is 0 Å². The maximum Gasteiger partial charge on any atom is 0.253 e. The number of nitrogen functional groups attached to an aromatic ring is 1. The molecule has 5 heteroatoms. The fourth-order valence-electron chi connectivity index (χ4n) is 1.80. The number of hydrogen-bond acceptors (Lipinski definition) is 3. The summed E-state index contributed by atoms with van der Waals surface area (Å²) in [5.74, 6) is -0.220. The lowest BCUT2D eigenvalue weighted by molar-refractivity contribution is 0.0711. The first kappa shape index (κ1) is 13.4. The van der Waals surface area contributed by atoms with E-state index in [4.69, 9.17) is 5.73 Å². The van der Waals surface area contributed by atoms with Gasteiger partial charge in [-0.1, -0.05) is 0 Å². The summed E-state index contributed by atoms with van der Waals surface area (Å²) in [4.78, 5) is 15.3. The average Bonchev–Trinajstić information content (AvgIpc) is 2.70. The monoisotopic (exact) mass is 261 g/mol. The van der Waals surface area contributed by atoms with Gasteiger partial charge in [0.2, 0.25) is 0 Å². The number of benzene rings is 1. The van der Waals surface area contributed by atoms with Gasteiger partial charge in [0.25, 0.3) is 5.91 Å². The standard InChI is InChI=1S/C14H19N3O2/c1-8(18)14(2,3)17-13(19)11-7-16-12-6-9(15)4-5-10(11)12/h4-8,16,18H,15H2,1-3H3,(H,17,19). The van der Waals surface area contributed by atoms with E-state index >= 15 is 0 Å². The molecule has 1 aromatic carbocycles. The summed E-state index contributed by atoms with van der Waals surface area (Å²) in [6.45, 7) is 5.21. The Kier molecular flexibility index (Phi) is 3.24. The summed E-state index contributed by atoms with van der Waals surface area (Å²) >= 11 is 0. The van der Waals surface area contributed by atoms with E-state index in [0.717, 1.165) is 10.9 Å². The topological polar surface area (TPSA) is 91.1 Å². The summed E-state index contributed by atoms with van der Waals surface area (Å²) < 4.78 is 0.